The predicted molar refractivity (Wildman–Crippen MR) is 62.7 cm³/mol. The van der Waals surface area contributed by atoms with E-state index in [1.54, 1.807) is 19.2 Å². The van der Waals surface area contributed by atoms with Crippen LogP contribution in [0.3, 0.4) is 0 Å². The Morgan fingerprint density at radius 1 is 1.22 bits per heavy atom. The lowest BCUT2D eigenvalue weighted by Crippen LogP contribution is -2.18. The molecule has 18 heavy (non-hydrogen) atoms. The van der Waals surface area contributed by atoms with E-state index in [-0.39, 0.29) is 11.8 Å². The molecule has 0 radical (unpaired) electrons. The summed E-state index contributed by atoms with van der Waals surface area (Å²) in [6.45, 7) is 2.60. The minimum Gasteiger partial charge on any atom is -0.406 e. The minimum absolute atomic E-state index is 0.180. The van der Waals surface area contributed by atoms with Crippen LogP contribution in [0.5, 0.6) is 5.75 Å². The maximum absolute atomic E-state index is 11.9. The van der Waals surface area contributed by atoms with E-state index in [2.05, 4.69) is 10.1 Å². The molecule has 0 fully saturated rings. The van der Waals surface area contributed by atoms with Gasteiger partial charge >= 0.3 is 6.36 Å². The van der Waals surface area contributed by atoms with E-state index in [0.29, 0.717) is 6.61 Å². The maximum Gasteiger partial charge on any atom is 0.573 e. The summed E-state index contributed by atoms with van der Waals surface area (Å²) in [7, 11) is 1.62. The Bertz CT molecular complexity index is 351. The van der Waals surface area contributed by atoms with Crippen molar-refractivity contribution < 1.29 is 22.6 Å². The molecule has 0 saturated carbocycles. The van der Waals surface area contributed by atoms with E-state index in [1.807, 2.05) is 6.92 Å². The van der Waals surface area contributed by atoms with Crippen LogP contribution in [0.2, 0.25) is 0 Å². The lowest BCUT2D eigenvalue weighted by Gasteiger charge is -2.15. The molecule has 1 aromatic rings. The van der Waals surface area contributed by atoms with Crippen molar-refractivity contribution in [2.45, 2.75) is 25.7 Å². The van der Waals surface area contributed by atoms with E-state index < -0.39 is 6.36 Å². The molecule has 0 aliphatic carbocycles. The molecule has 0 spiro atoms. The van der Waals surface area contributed by atoms with Gasteiger partial charge in [0.25, 0.3) is 0 Å². The Hall–Kier alpha value is -1.43. The Morgan fingerprint density at radius 2 is 1.83 bits per heavy atom. The van der Waals surface area contributed by atoms with Crippen LogP contribution in [0, 0.1) is 0 Å². The molecule has 102 valence electrons. The Labute approximate surface area is 104 Å². The Kier molecular flexibility index (Phi) is 5.27. The van der Waals surface area contributed by atoms with Gasteiger partial charge in [-0.15, -0.1) is 13.2 Å². The third-order valence-corrected chi connectivity index (χ3v) is 2.26. The van der Waals surface area contributed by atoms with Gasteiger partial charge in [-0.3, -0.25) is 0 Å². The molecule has 1 N–H and O–H groups in total. The molecule has 0 heterocycles. The molecule has 0 aliphatic heterocycles. The fourth-order valence-corrected chi connectivity index (χ4v) is 1.40. The molecule has 0 aliphatic rings. The zero-order chi connectivity index (χ0) is 13.6. The smallest absolute Gasteiger partial charge is 0.406 e. The number of methoxy groups -OCH3 is 1. The molecule has 1 atom stereocenters. The van der Waals surface area contributed by atoms with Gasteiger partial charge < -0.3 is 14.8 Å². The van der Waals surface area contributed by atoms with Gasteiger partial charge in [-0.25, -0.2) is 0 Å². The first kappa shape index (κ1) is 14.6. The van der Waals surface area contributed by atoms with Crippen LogP contribution < -0.4 is 10.1 Å². The highest BCUT2D eigenvalue weighted by atomic mass is 19.4. The maximum atomic E-state index is 11.9. The number of hydrogen-bond acceptors (Lipinski definition) is 3. The van der Waals surface area contributed by atoms with Gasteiger partial charge in [0.05, 0.1) is 0 Å². The van der Waals surface area contributed by atoms with Crippen LogP contribution in [-0.4, -0.2) is 26.1 Å². The molecule has 6 heteroatoms. The average molecular weight is 263 g/mol. The van der Waals surface area contributed by atoms with Crippen molar-refractivity contribution in [3.05, 3.63) is 24.3 Å². The second-order valence-electron chi connectivity index (χ2n) is 3.90. The second kappa shape index (κ2) is 6.49. The molecule has 1 unspecified atom stereocenters. The lowest BCUT2D eigenvalue weighted by molar-refractivity contribution is -0.274. The van der Waals surface area contributed by atoms with Crippen LogP contribution in [-0.2, 0) is 4.74 Å². The van der Waals surface area contributed by atoms with Crippen LogP contribution >= 0.6 is 0 Å². The van der Waals surface area contributed by atoms with Gasteiger partial charge in [0, 0.05) is 25.4 Å². The first-order valence-electron chi connectivity index (χ1n) is 5.52. The van der Waals surface area contributed by atoms with Gasteiger partial charge in [0.15, 0.2) is 0 Å². The van der Waals surface area contributed by atoms with Crippen LogP contribution in [0.1, 0.15) is 13.3 Å². The molecule has 0 bridgehead atoms. The summed E-state index contributed by atoms with van der Waals surface area (Å²) in [5, 5.41) is 3.15. The summed E-state index contributed by atoms with van der Waals surface area (Å²) in [6, 6.07) is 5.83. The van der Waals surface area contributed by atoms with Gasteiger partial charge in [-0.05, 0) is 37.6 Å². The van der Waals surface area contributed by atoms with Crippen molar-refractivity contribution in [1.29, 1.82) is 0 Å². The number of halogens is 3. The van der Waals surface area contributed by atoms with E-state index in [0.717, 1.165) is 12.1 Å². The first-order chi connectivity index (χ1) is 8.40. The van der Waals surface area contributed by atoms with Crippen molar-refractivity contribution in [2.75, 3.05) is 19.0 Å². The quantitative estimate of drug-likeness (QED) is 0.853. The molecule has 1 rings (SSSR count). The standard InChI is InChI=1S/C12H16F3NO2/c1-9(7-8-17-2)16-10-3-5-11(6-4-10)18-12(13,14)15/h3-6,9,16H,7-8H2,1-2H3. The first-order valence-corrected chi connectivity index (χ1v) is 5.52. The number of benzene rings is 1. The average Bonchev–Trinajstić information content (AvgIpc) is 2.27. The van der Waals surface area contributed by atoms with Crippen molar-refractivity contribution in [3.8, 4) is 5.75 Å². The summed E-state index contributed by atoms with van der Waals surface area (Å²) < 4.78 is 44.5. The summed E-state index contributed by atoms with van der Waals surface area (Å²) >= 11 is 0. The minimum atomic E-state index is -4.65. The number of rotatable bonds is 6. The monoisotopic (exact) mass is 263 g/mol. The highest BCUT2D eigenvalue weighted by molar-refractivity contribution is 5.46. The van der Waals surface area contributed by atoms with Crippen molar-refractivity contribution in [2.24, 2.45) is 0 Å². The Morgan fingerprint density at radius 3 is 2.33 bits per heavy atom. The van der Waals surface area contributed by atoms with E-state index in [4.69, 9.17) is 4.74 Å². The molecule has 0 amide bonds. The largest absolute Gasteiger partial charge is 0.573 e. The normalized spacial score (nSPS) is 13.2. The number of nitrogens with one attached hydrogen (secondary N) is 1. The predicted octanol–water partition coefficient (Wildman–Crippen LogP) is 3.42. The van der Waals surface area contributed by atoms with Crippen LogP contribution in [0.25, 0.3) is 0 Å². The second-order valence-corrected chi connectivity index (χ2v) is 3.90. The topological polar surface area (TPSA) is 30.5 Å². The molecular weight excluding hydrogens is 247 g/mol. The van der Waals surface area contributed by atoms with E-state index in [1.165, 1.54) is 12.1 Å². The summed E-state index contributed by atoms with van der Waals surface area (Å²) in [5.41, 5.74) is 0.744. The number of hydrogen-bond donors (Lipinski definition) is 1. The SMILES string of the molecule is COCCC(C)Nc1ccc(OC(F)(F)F)cc1. The molecule has 3 nitrogen and oxygen atoms in total. The van der Waals surface area contributed by atoms with Gasteiger partial charge in [-0.1, -0.05) is 0 Å². The van der Waals surface area contributed by atoms with Gasteiger partial charge in [0.2, 0.25) is 0 Å². The summed E-state index contributed by atoms with van der Waals surface area (Å²) in [6.07, 6.45) is -3.84. The van der Waals surface area contributed by atoms with Crippen molar-refractivity contribution in [1.82, 2.24) is 0 Å². The van der Waals surface area contributed by atoms with Crippen molar-refractivity contribution >= 4 is 5.69 Å². The van der Waals surface area contributed by atoms with Crippen molar-refractivity contribution in [3.63, 3.8) is 0 Å². The third-order valence-electron chi connectivity index (χ3n) is 2.26. The van der Waals surface area contributed by atoms with Crippen LogP contribution in [0.4, 0.5) is 18.9 Å². The summed E-state index contributed by atoms with van der Waals surface area (Å²) in [5.74, 6) is -0.224. The molecule has 0 aromatic heterocycles. The molecular formula is C12H16F3NO2. The van der Waals surface area contributed by atoms with E-state index >= 15 is 0 Å². The number of alkyl halides is 3. The fraction of sp³-hybridized carbons (Fsp3) is 0.500. The zero-order valence-electron chi connectivity index (χ0n) is 10.3. The van der Waals surface area contributed by atoms with Gasteiger partial charge in [-0.2, -0.15) is 0 Å². The summed E-state index contributed by atoms with van der Waals surface area (Å²) in [4.78, 5) is 0. The van der Waals surface area contributed by atoms with Gasteiger partial charge in [0.1, 0.15) is 5.75 Å². The molecule has 0 saturated heterocycles. The fourth-order valence-electron chi connectivity index (χ4n) is 1.40. The lowest BCUT2D eigenvalue weighted by atomic mass is 10.2. The zero-order valence-corrected chi connectivity index (χ0v) is 10.3. The highest BCUT2D eigenvalue weighted by Crippen LogP contribution is 2.24. The highest BCUT2D eigenvalue weighted by Gasteiger charge is 2.30. The number of anilines is 1. The van der Waals surface area contributed by atoms with E-state index in [9.17, 15) is 13.2 Å². The third kappa shape index (κ3) is 5.77. The van der Waals surface area contributed by atoms with Crippen LogP contribution in [0.15, 0.2) is 24.3 Å². The Balaban J connectivity index is 2.50. The number of ether oxygens (including phenoxy) is 2. The molecule has 1 aromatic carbocycles.